The van der Waals surface area contributed by atoms with Crippen molar-refractivity contribution in [2.45, 2.75) is 13.3 Å². The molecule has 2 heterocycles. The summed E-state index contributed by atoms with van der Waals surface area (Å²) < 4.78 is 0. The number of nitrogens with zero attached hydrogens (tertiary/aromatic N) is 2. The highest BCUT2D eigenvalue weighted by atomic mass is 16.2. The fraction of sp³-hybridized carbons (Fsp3) is 0.267. The van der Waals surface area contributed by atoms with Crippen LogP contribution in [0.25, 0.3) is 10.9 Å². The largest absolute Gasteiger partial charge is 0.369 e. The first-order valence-electron chi connectivity index (χ1n) is 12.8. The highest BCUT2D eigenvalue weighted by Crippen LogP contribution is 2.19. The molecule has 37 heavy (non-hydrogen) atoms. The molecule has 1 saturated heterocycles. The van der Waals surface area contributed by atoms with Crippen LogP contribution in [0.4, 0.5) is 11.4 Å². The lowest BCUT2D eigenvalue weighted by Crippen LogP contribution is -2.48. The van der Waals surface area contributed by atoms with Crippen molar-refractivity contribution in [2.24, 2.45) is 0 Å². The number of piperazine rings is 1. The summed E-state index contributed by atoms with van der Waals surface area (Å²) in [7, 11) is 0. The number of H-pyrrole nitrogens is 1. The molecule has 7 heteroatoms. The highest BCUT2D eigenvalue weighted by molar-refractivity contribution is 6.04. The molecular weight excluding hydrogens is 462 g/mol. The zero-order valence-electron chi connectivity index (χ0n) is 21.2. The Morgan fingerprint density at radius 2 is 1.68 bits per heavy atom. The Morgan fingerprint density at radius 3 is 2.49 bits per heavy atom. The standard InChI is InChI=1S/C30H33N5O2/c1-22-9-11-24(12-10-22)35-19-17-34(18-20-35)21-29(36)33-28-7-3-2-6-26(28)30(37)32-15-13-23-5-4-8-27-25(23)14-16-31-27/h2-12,14,16,31H,13,15,17-21H2,1H3,(H,32,37)(H,33,36). The van der Waals surface area contributed by atoms with E-state index in [9.17, 15) is 9.59 Å². The Labute approximate surface area is 217 Å². The number of aromatic amines is 1. The van der Waals surface area contributed by atoms with Crippen molar-refractivity contribution in [3.63, 3.8) is 0 Å². The number of para-hydroxylation sites is 1. The Bertz CT molecular complexity index is 1370. The van der Waals surface area contributed by atoms with Gasteiger partial charge in [0.2, 0.25) is 5.91 Å². The molecule has 4 aromatic rings. The number of rotatable bonds is 8. The van der Waals surface area contributed by atoms with Crippen LogP contribution in [0.2, 0.25) is 0 Å². The monoisotopic (exact) mass is 495 g/mol. The van der Waals surface area contributed by atoms with Gasteiger partial charge in [-0.15, -0.1) is 0 Å². The van der Waals surface area contributed by atoms with Crippen LogP contribution in [0, 0.1) is 6.92 Å². The maximum absolute atomic E-state index is 12.9. The van der Waals surface area contributed by atoms with Crippen LogP contribution in [0.15, 0.2) is 79.0 Å². The number of benzene rings is 3. The van der Waals surface area contributed by atoms with Crippen LogP contribution in [-0.2, 0) is 11.2 Å². The first-order chi connectivity index (χ1) is 18.1. The summed E-state index contributed by atoms with van der Waals surface area (Å²) in [5, 5.41) is 7.13. The fourth-order valence-corrected chi connectivity index (χ4v) is 4.88. The van der Waals surface area contributed by atoms with Crippen molar-refractivity contribution in [3.05, 3.63) is 95.7 Å². The minimum atomic E-state index is -0.191. The summed E-state index contributed by atoms with van der Waals surface area (Å²) in [5.41, 5.74) is 5.76. The van der Waals surface area contributed by atoms with Crippen molar-refractivity contribution in [1.82, 2.24) is 15.2 Å². The second-order valence-corrected chi connectivity index (χ2v) is 9.55. The van der Waals surface area contributed by atoms with Gasteiger partial charge in [0, 0.05) is 55.5 Å². The Morgan fingerprint density at radius 1 is 0.892 bits per heavy atom. The van der Waals surface area contributed by atoms with Gasteiger partial charge in [0.05, 0.1) is 17.8 Å². The molecule has 0 aliphatic carbocycles. The average molecular weight is 496 g/mol. The summed E-state index contributed by atoms with van der Waals surface area (Å²) in [4.78, 5) is 33.5. The molecule has 0 atom stereocenters. The third kappa shape index (κ3) is 6.01. The van der Waals surface area contributed by atoms with Crippen molar-refractivity contribution >= 4 is 34.1 Å². The molecule has 0 saturated carbocycles. The first kappa shape index (κ1) is 24.6. The van der Waals surface area contributed by atoms with Crippen LogP contribution in [-0.4, -0.2) is 61.0 Å². The van der Waals surface area contributed by atoms with Crippen molar-refractivity contribution in [3.8, 4) is 0 Å². The molecule has 1 fully saturated rings. The third-order valence-corrected chi connectivity index (χ3v) is 6.95. The van der Waals surface area contributed by atoms with Gasteiger partial charge in [-0.3, -0.25) is 14.5 Å². The predicted molar refractivity (Wildman–Crippen MR) is 149 cm³/mol. The van der Waals surface area contributed by atoms with Gasteiger partial charge in [-0.1, -0.05) is 42.0 Å². The summed E-state index contributed by atoms with van der Waals surface area (Å²) in [6, 6.07) is 23.9. The maximum Gasteiger partial charge on any atom is 0.253 e. The third-order valence-electron chi connectivity index (χ3n) is 6.95. The number of hydrogen-bond acceptors (Lipinski definition) is 4. The average Bonchev–Trinajstić information content (AvgIpc) is 3.40. The van der Waals surface area contributed by atoms with Crippen LogP contribution < -0.4 is 15.5 Å². The van der Waals surface area contributed by atoms with Crippen LogP contribution in [0.1, 0.15) is 21.5 Å². The number of carbonyl (C=O) groups is 2. The van der Waals surface area contributed by atoms with Gasteiger partial charge in [0.25, 0.3) is 5.91 Å². The van der Waals surface area contributed by atoms with E-state index in [0.29, 0.717) is 24.3 Å². The number of aromatic nitrogens is 1. The van der Waals surface area contributed by atoms with E-state index >= 15 is 0 Å². The number of nitrogens with one attached hydrogen (secondary N) is 3. The van der Waals surface area contributed by atoms with Crippen LogP contribution in [0.5, 0.6) is 0 Å². The smallest absolute Gasteiger partial charge is 0.253 e. The first-order valence-corrected chi connectivity index (χ1v) is 12.8. The summed E-state index contributed by atoms with van der Waals surface area (Å²) >= 11 is 0. The van der Waals surface area contributed by atoms with Crippen molar-refractivity contribution < 1.29 is 9.59 Å². The zero-order chi connectivity index (χ0) is 25.6. The second kappa shape index (κ2) is 11.3. The minimum absolute atomic E-state index is 0.108. The van der Waals surface area contributed by atoms with Gasteiger partial charge in [0.1, 0.15) is 0 Å². The lowest BCUT2D eigenvalue weighted by Gasteiger charge is -2.35. The molecule has 1 aliphatic rings. The molecule has 3 aromatic carbocycles. The van der Waals surface area contributed by atoms with Crippen LogP contribution in [0.3, 0.4) is 0 Å². The molecule has 2 amide bonds. The van der Waals surface area contributed by atoms with Gasteiger partial charge in [-0.2, -0.15) is 0 Å². The molecule has 3 N–H and O–H groups in total. The number of carbonyl (C=O) groups excluding carboxylic acids is 2. The van der Waals surface area contributed by atoms with Gasteiger partial charge >= 0.3 is 0 Å². The Kier molecular flexibility index (Phi) is 7.51. The minimum Gasteiger partial charge on any atom is -0.369 e. The lowest BCUT2D eigenvalue weighted by molar-refractivity contribution is -0.117. The Hall–Kier alpha value is -4.10. The molecule has 0 unspecified atom stereocenters. The van der Waals surface area contributed by atoms with Crippen LogP contribution >= 0.6 is 0 Å². The molecule has 1 aromatic heterocycles. The maximum atomic E-state index is 12.9. The molecule has 1 aliphatic heterocycles. The molecule has 190 valence electrons. The van der Waals surface area contributed by atoms with Gasteiger partial charge in [-0.25, -0.2) is 0 Å². The van der Waals surface area contributed by atoms with E-state index in [1.54, 1.807) is 12.1 Å². The number of fused-ring (bicyclic) bond motifs is 1. The quantitative estimate of drug-likeness (QED) is 0.342. The van der Waals surface area contributed by atoms with Gasteiger partial charge < -0.3 is 20.5 Å². The number of aryl methyl sites for hydroxylation is 1. The van der Waals surface area contributed by atoms with E-state index in [1.807, 2.05) is 30.5 Å². The zero-order valence-corrected chi connectivity index (χ0v) is 21.2. The van der Waals surface area contributed by atoms with Gasteiger partial charge in [0.15, 0.2) is 0 Å². The molecule has 0 spiro atoms. The van der Waals surface area contributed by atoms with E-state index in [-0.39, 0.29) is 11.8 Å². The summed E-state index contributed by atoms with van der Waals surface area (Å²) in [5.74, 6) is -0.299. The SMILES string of the molecule is Cc1ccc(N2CCN(CC(=O)Nc3ccccc3C(=O)NCCc3cccc4[nH]ccc34)CC2)cc1. The second-order valence-electron chi connectivity index (χ2n) is 9.55. The number of hydrogen-bond donors (Lipinski definition) is 3. The topological polar surface area (TPSA) is 80.5 Å². The van der Waals surface area contributed by atoms with E-state index in [2.05, 4.69) is 68.7 Å². The molecule has 0 bridgehead atoms. The number of anilines is 2. The van der Waals surface area contributed by atoms with Gasteiger partial charge in [-0.05, 0) is 55.3 Å². The van der Waals surface area contributed by atoms with E-state index in [0.717, 1.165) is 38.1 Å². The lowest BCUT2D eigenvalue weighted by atomic mass is 10.1. The molecule has 7 nitrogen and oxygen atoms in total. The molecule has 5 rings (SSSR count). The summed E-state index contributed by atoms with van der Waals surface area (Å²) in [6.07, 6.45) is 2.65. The van der Waals surface area contributed by atoms with Crippen molar-refractivity contribution in [2.75, 3.05) is 49.5 Å². The number of amides is 2. The highest BCUT2D eigenvalue weighted by Gasteiger charge is 2.20. The van der Waals surface area contributed by atoms with Crippen molar-refractivity contribution in [1.29, 1.82) is 0 Å². The predicted octanol–water partition coefficient (Wildman–Crippen LogP) is 4.21. The fourth-order valence-electron chi connectivity index (χ4n) is 4.88. The molecule has 0 radical (unpaired) electrons. The molecular formula is C30H33N5O2. The van der Waals surface area contributed by atoms with E-state index < -0.39 is 0 Å². The summed E-state index contributed by atoms with van der Waals surface area (Å²) in [6.45, 7) is 6.30. The van der Waals surface area contributed by atoms with E-state index in [4.69, 9.17) is 0 Å². The van der Waals surface area contributed by atoms with E-state index in [1.165, 1.54) is 22.2 Å². The Balaban J connectivity index is 1.12. The normalized spacial score (nSPS) is 14.0.